The maximum absolute atomic E-state index is 14.3. The van der Waals surface area contributed by atoms with Crippen molar-refractivity contribution < 1.29 is 27.8 Å². The summed E-state index contributed by atoms with van der Waals surface area (Å²) >= 11 is 0. The third kappa shape index (κ3) is 5.16. The van der Waals surface area contributed by atoms with Gasteiger partial charge in [-0.3, -0.25) is 4.79 Å². The molecular weight excluding hydrogens is 455 g/mol. The topological polar surface area (TPSA) is 58.6 Å². The average Bonchev–Trinajstić information content (AvgIpc) is 2.80. The minimum atomic E-state index is -4.55. The van der Waals surface area contributed by atoms with Crippen molar-refractivity contribution in [3.05, 3.63) is 41.5 Å². The van der Waals surface area contributed by atoms with Gasteiger partial charge in [-0.15, -0.1) is 0 Å². The Morgan fingerprint density at radius 3 is 2.40 bits per heavy atom. The van der Waals surface area contributed by atoms with E-state index in [-0.39, 0.29) is 29.3 Å². The lowest BCUT2D eigenvalue weighted by molar-refractivity contribution is -0.155. The van der Waals surface area contributed by atoms with E-state index in [1.54, 1.807) is 18.2 Å². The number of aliphatic carboxylic acids is 1. The van der Waals surface area contributed by atoms with E-state index in [4.69, 9.17) is 4.74 Å². The normalized spacial score (nSPS) is 27.3. The van der Waals surface area contributed by atoms with Gasteiger partial charge in [0.25, 0.3) is 0 Å². The standard InChI is InChI=1S/C28H36F3NO3/c1-5-17-6-11-20(12-7-17)35-23-13-10-18-8-9-19(14-21(18)25(23)28(29,30)31)16(2)32-24-15-22(26(33)34)27(24,3)4/h8-10,13-14,16-17,20,22,24,32H,5-7,11-12,15H2,1-4H3,(H,33,34)/t16?,17-,20+,22-,24+/m0/s1. The maximum Gasteiger partial charge on any atom is 0.420 e. The summed E-state index contributed by atoms with van der Waals surface area (Å²) in [6.07, 6.45) is 0.408. The molecule has 3 atom stereocenters. The molecule has 2 aromatic carbocycles. The van der Waals surface area contributed by atoms with E-state index < -0.39 is 29.0 Å². The lowest BCUT2D eigenvalue weighted by Crippen LogP contribution is -2.59. The summed E-state index contributed by atoms with van der Waals surface area (Å²) in [5, 5.41) is 13.5. The highest BCUT2D eigenvalue weighted by atomic mass is 19.4. The molecule has 0 aromatic heterocycles. The number of alkyl halides is 3. The van der Waals surface area contributed by atoms with Gasteiger partial charge in [-0.2, -0.15) is 13.2 Å². The third-order valence-electron chi connectivity index (χ3n) is 8.47. The van der Waals surface area contributed by atoms with Crippen molar-refractivity contribution in [2.45, 2.75) is 90.6 Å². The zero-order valence-corrected chi connectivity index (χ0v) is 20.9. The number of fused-ring (bicyclic) bond motifs is 1. The fourth-order valence-electron chi connectivity index (χ4n) is 5.84. The van der Waals surface area contributed by atoms with Crippen LogP contribution in [-0.4, -0.2) is 23.2 Å². The number of carboxylic acid groups (broad SMARTS) is 1. The molecular formula is C28H36F3NO3. The van der Waals surface area contributed by atoms with Crippen LogP contribution in [0.2, 0.25) is 0 Å². The van der Waals surface area contributed by atoms with Crippen molar-refractivity contribution in [1.29, 1.82) is 0 Å². The summed E-state index contributed by atoms with van der Waals surface area (Å²) in [6, 6.07) is 8.08. The lowest BCUT2D eigenvalue weighted by atomic mass is 9.58. The van der Waals surface area contributed by atoms with E-state index in [0.717, 1.165) is 37.7 Å². The van der Waals surface area contributed by atoms with Crippen LogP contribution in [0.5, 0.6) is 5.75 Å². The molecule has 0 radical (unpaired) electrons. The molecule has 0 saturated heterocycles. The van der Waals surface area contributed by atoms with Crippen molar-refractivity contribution in [1.82, 2.24) is 5.32 Å². The summed E-state index contributed by atoms with van der Waals surface area (Å²) in [6.45, 7) is 7.89. The number of benzene rings is 2. The second-order valence-electron chi connectivity index (χ2n) is 11.0. The summed E-state index contributed by atoms with van der Waals surface area (Å²) in [4.78, 5) is 11.4. The highest BCUT2D eigenvalue weighted by molar-refractivity contribution is 5.89. The first kappa shape index (κ1) is 25.8. The molecule has 35 heavy (non-hydrogen) atoms. The van der Waals surface area contributed by atoms with Crippen molar-refractivity contribution >= 4 is 16.7 Å². The minimum absolute atomic E-state index is 0.0238. The van der Waals surface area contributed by atoms with Crippen molar-refractivity contribution in [3.63, 3.8) is 0 Å². The number of rotatable bonds is 7. The Balaban J connectivity index is 1.60. The quantitative estimate of drug-likeness (QED) is 0.425. The van der Waals surface area contributed by atoms with Crippen molar-refractivity contribution in [3.8, 4) is 5.75 Å². The molecule has 2 N–H and O–H groups in total. The van der Waals surface area contributed by atoms with Gasteiger partial charge in [-0.25, -0.2) is 0 Å². The molecule has 0 amide bonds. The predicted octanol–water partition coefficient (Wildman–Crippen LogP) is 7.36. The van der Waals surface area contributed by atoms with Gasteiger partial charge in [-0.05, 0) is 78.8 Å². The number of carbonyl (C=O) groups is 1. The summed E-state index contributed by atoms with van der Waals surface area (Å²) in [5.74, 6) is -0.687. The molecule has 4 nitrogen and oxygen atoms in total. The van der Waals surface area contributed by atoms with Gasteiger partial charge in [0.2, 0.25) is 0 Å². The van der Waals surface area contributed by atoms with Crippen LogP contribution in [0.3, 0.4) is 0 Å². The maximum atomic E-state index is 14.3. The minimum Gasteiger partial charge on any atom is -0.490 e. The zero-order chi connectivity index (χ0) is 25.5. The van der Waals surface area contributed by atoms with Gasteiger partial charge in [0.05, 0.1) is 12.0 Å². The molecule has 0 spiro atoms. The van der Waals surface area contributed by atoms with E-state index in [1.807, 2.05) is 26.8 Å². The van der Waals surface area contributed by atoms with E-state index in [1.165, 1.54) is 6.07 Å². The smallest absolute Gasteiger partial charge is 0.420 e. The SMILES string of the molecule is CC[C@H]1CC[C@@H](Oc2ccc3ccc(C(C)N[C@@H]4C[C@@H](C(=O)O)C4(C)C)cc3c2C(F)(F)F)CC1. The molecule has 1 unspecified atom stereocenters. The average molecular weight is 492 g/mol. The Bertz CT molecular complexity index is 1070. The Morgan fingerprint density at radius 2 is 1.83 bits per heavy atom. The number of hydrogen-bond donors (Lipinski definition) is 2. The zero-order valence-electron chi connectivity index (χ0n) is 20.9. The van der Waals surface area contributed by atoms with Gasteiger partial charge in [-0.1, -0.05) is 45.4 Å². The number of carboxylic acids is 1. The first-order valence-corrected chi connectivity index (χ1v) is 12.7. The molecule has 0 bridgehead atoms. The van der Waals surface area contributed by atoms with Gasteiger partial charge >= 0.3 is 12.1 Å². The second kappa shape index (κ2) is 9.64. The lowest BCUT2D eigenvalue weighted by Gasteiger charge is -2.51. The van der Waals surface area contributed by atoms with Crippen LogP contribution in [0, 0.1) is 17.3 Å². The molecule has 0 aliphatic heterocycles. The van der Waals surface area contributed by atoms with E-state index in [0.29, 0.717) is 17.7 Å². The van der Waals surface area contributed by atoms with Gasteiger partial charge in [0.15, 0.2) is 0 Å². The van der Waals surface area contributed by atoms with Gasteiger partial charge in [0.1, 0.15) is 11.3 Å². The molecule has 0 heterocycles. The highest BCUT2D eigenvalue weighted by Gasteiger charge is 2.52. The first-order valence-electron chi connectivity index (χ1n) is 12.7. The van der Waals surface area contributed by atoms with E-state index in [9.17, 15) is 23.1 Å². The van der Waals surface area contributed by atoms with Crippen LogP contribution in [0.4, 0.5) is 13.2 Å². The Hall–Kier alpha value is -2.28. The first-order chi connectivity index (χ1) is 16.4. The van der Waals surface area contributed by atoms with E-state index >= 15 is 0 Å². The summed E-state index contributed by atoms with van der Waals surface area (Å²) < 4.78 is 49.0. The Labute approximate surface area is 205 Å². The van der Waals surface area contributed by atoms with Crippen LogP contribution in [-0.2, 0) is 11.0 Å². The third-order valence-corrected chi connectivity index (χ3v) is 8.47. The molecule has 2 aromatic rings. The molecule has 192 valence electrons. The monoisotopic (exact) mass is 491 g/mol. The summed E-state index contributed by atoms with van der Waals surface area (Å²) in [5.41, 5.74) is -0.402. The summed E-state index contributed by atoms with van der Waals surface area (Å²) in [7, 11) is 0. The highest BCUT2D eigenvalue weighted by Crippen LogP contribution is 2.47. The Morgan fingerprint density at radius 1 is 1.17 bits per heavy atom. The molecule has 2 fully saturated rings. The van der Waals surface area contributed by atoms with Gasteiger partial charge < -0.3 is 15.2 Å². The second-order valence-corrected chi connectivity index (χ2v) is 11.0. The van der Waals surface area contributed by atoms with Crippen LogP contribution >= 0.6 is 0 Å². The molecule has 2 saturated carbocycles. The van der Waals surface area contributed by atoms with Gasteiger partial charge in [0, 0.05) is 12.1 Å². The molecule has 4 rings (SSSR count). The van der Waals surface area contributed by atoms with Crippen LogP contribution in [0.15, 0.2) is 30.3 Å². The van der Waals surface area contributed by atoms with E-state index in [2.05, 4.69) is 12.2 Å². The molecule has 7 heteroatoms. The fourth-order valence-corrected chi connectivity index (χ4v) is 5.84. The number of hydrogen-bond acceptors (Lipinski definition) is 3. The number of halogens is 3. The predicted molar refractivity (Wildman–Crippen MR) is 130 cm³/mol. The van der Waals surface area contributed by atoms with Crippen LogP contribution in [0.25, 0.3) is 10.8 Å². The number of ether oxygens (including phenoxy) is 1. The molecule has 2 aliphatic rings. The fraction of sp³-hybridized carbons (Fsp3) is 0.607. The Kier molecular flexibility index (Phi) is 7.11. The van der Waals surface area contributed by atoms with Crippen molar-refractivity contribution in [2.75, 3.05) is 0 Å². The molecule has 2 aliphatic carbocycles. The van der Waals surface area contributed by atoms with Crippen LogP contribution < -0.4 is 10.1 Å². The van der Waals surface area contributed by atoms with Crippen molar-refractivity contribution in [2.24, 2.45) is 17.3 Å². The van der Waals surface area contributed by atoms with Crippen LogP contribution in [0.1, 0.15) is 83.4 Å². The largest absolute Gasteiger partial charge is 0.490 e. The number of nitrogens with one attached hydrogen (secondary N) is 1.